The van der Waals surface area contributed by atoms with E-state index in [0.29, 0.717) is 4.90 Å². The highest BCUT2D eigenvalue weighted by atomic mass is 32.2. The summed E-state index contributed by atoms with van der Waals surface area (Å²) in [6, 6.07) is 9.89. The van der Waals surface area contributed by atoms with Crippen LogP contribution in [0.2, 0.25) is 0 Å². The van der Waals surface area contributed by atoms with E-state index in [0.717, 1.165) is 17.7 Å². The lowest BCUT2D eigenvalue weighted by Crippen LogP contribution is -2.67. The lowest BCUT2D eigenvalue weighted by molar-refractivity contribution is -0.139. The fourth-order valence-electron chi connectivity index (χ4n) is 2.80. The molecule has 2 aromatic rings. The van der Waals surface area contributed by atoms with Crippen molar-refractivity contribution in [2.45, 2.75) is 12.6 Å². The lowest BCUT2D eigenvalue weighted by atomic mass is 10.1. The predicted octanol–water partition coefficient (Wildman–Crippen LogP) is -0.282. The number of ether oxygens (including phenoxy) is 1. The number of alkyl carbamates (subject to hydrolysis) is 1. The predicted molar refractivity (Wildman–Crippen MR) is 119 cm³/mol. The normalized spacial score (nSPS) is 15.0. The van der Waals surface area contributed by atoms with Gasteiger partial charge < -0.3 is 25.6 Å². The summed E-state index contributed by atoms with van der Waals surface area (Å²) in [4.78, 5) is 48.4. The van der Waals surface area contributed by atoms with E-state index in [1.165, 1.54) is 6.07 Å². The van der Waals surface area contributed by atoms with Gasteiger partial charge in [0.05, 0.1) is 13.1 Å². The van der Waals surface area contributed by atoms with Crippen LogP contribution < -0.4 is 20.1 Å². The van der Waals surface area contributed by atoms with E-state index >= 15 is 0 Å². The van der Waals surface area contributed by atoms with Gasteiger partial charge in [-0.15, -0.1) is 0 Å². The molecule has 1 heterocycles. The maximum Gasteiger partial charge on any atom is 0.408 e. The first-order valence-corrected chi connectivity index (χ1v) is 11.4. The number of urea groups is 1. The fourth-order valence-corrected chi connectivity index (χ4v) is 3.53. The molecule has 6 N–H and O–H groups in total. The number of imide groups is 1. The Hall–Kier alpha value is -4.37. The van der Waals surface area contributed by atoms with Crippen molar-refractivity contribution < 1.29 is 42.5 Å². The Morgan fingerprint density at radius 1 is 1.06 bits per heavy atom. The highest BCUT2D eigenvalue weighted by Gasteiger charge is 2.43. The van der Waals surface area contributed by atoms with Gasteiger partial charge >= 0.3 is 22.3 Å². The Morgan fingerprint density at radius 3 is 2.43 bits per heavy atom. The molecule has 15 heteroatoms. The zero-order valence-corrected chi connectivity index (χ0v) is 18.7. The first kappa shape index (κ1) is 25.3. The molecule has 0 radical (unpaired) electrons. The number of nitrogens with one attached hydrogen (secondary N) is 4. The van der Waals surface area contributed by atoms with Crippen molar-refractivity contribution in [3.63, 3.8) is 0 Å². The van der Waals surface area contributed by atoms with Gasteiger partial charge in [-0.2, -0.15) is 13.1 Å². The standard InChI is InChI=1S/C20H21N5O9S/c26-15-7-6-13(8-16(15)27)22-17(28)9-21-35(32,33)24-19(30)25-10-14(18(25)29)23-20(31)34-11-12-4-2-1-3-5-12/h1-8,14,21,26-27H,9-11H2,(H,22,28)(H,23,31)(H,24,30)/t14-/m0/s1. The third-order valence-corrected chi connectivity index (χ3v) is 5.55. The van der Waals surface area contributed by atoms with Gasteiger partial charge in [-0.25, -0.2) is 14.3 Å². The van der Waals surface area contributed by atoms with Gasteiger partial charge in [-0.3, -0.25) is 14.5 Å². The monoisotopic (exact) mass is 507 g/mol. The number of carbonyl (C=O) groups excluding carboxylic acids is 4. The lowest BCUT2D eigenvalue weighted by Gasteiger charge is -2.36. The van der Waals surface area contributed by atoms with Crippen molar-refractivity contribution in [1.82, 2.24) is 19.7 Å². The number of amides is 5. The van der Waals surface area contributed by atoms with Crippen LogP contribution in [-0.2, 0) is 31.1 Å². The molecule has 1 fully saturated rings. The molecule has 1 saturated heterocycles. The van der Waals surface area contributed by atoms with E-state index in [1.807, 2.05) is 4.72 Å². The number of rotatable bonds is 8. The Kier molecular flexibility index (Phi) is 7.73. The van der Waals surface area contributed by atoms with Crippen LogP contribution in [0, 0.1) is 0 Å². The van der Waals surface area contributed by atoms with Gasteiger partial charge in [-0.05, 0) is 17.7 Å². The molecule has 0 saturated carbocycles. The molecule has 186 valence electrons. The van der Waals surface area contributed by atoms with Crippen LogP contribution in [0.15, 0.2) is 48.5 Å². The van der Waals surface area contributed by atoms with E-state index in [4.69, 9.17) is 4.74 Å². The van der Waals surface area contributed by atoms with Gasteiger partial charge in [-0.1, -0.05) is 30.3 Å². The van der Waals surface area contributed by atoms with Crippen molar-refractivity contribution >= 4 is 39.8 Å². The molecular formula is C20H21N5O9S. The maximum atomic E-state index is 12.1. The topological polar surface area (TPSA) is 203 Å². The molecule has 1 aliphatic rings. The molecule has 14 nitrogen and oxygen atoms in total. The number of likely N-dealkylation sites (tertiary alicyclic amines) is 1. The van der Waals surface area contributed by atoms with E-state index in [-0.39, 0.29) is 18.8 Å². The average Bonchev–Trinajstić information content (AvgIpc) is 2.81. The number of hydrogen-bond donors (Lipinski definition) is 6. The molecule has 0 aromatic heterocycles. The van der Waals surface area contributed by atoms with Crippen molar-refractivity contribution in [3.05, 3.63) is 54.1 Å². The summed E-state index contributed by atoms with van der Waals surface area (Å²) < 4.78 is 32.4. The SMILES string of the molecule is O=C(CNS(=O)(=O)NC(=O)N1C[C@H](NC(=O)OCc2ccccc2)C1=O)Nc1ccc(O)c(O)c1. The van der Waals surface area contributed by atoms with Crippen molar-refractivity contribution in [2.24, 2.45) is 0 Å². The molecule has 1 atom stereocenters. The summed E-state index contributed by atoms with van der Waals surface area (Å²) in [7, 11) is -4.51. The fraction of sp³-hybridized carbons (Fsp3) is 0.200. The number of β-lactam (4-membered cyclic amide) rings is 1. The molecule has 0 bridgehead atoms. The van der Waals surface area contributed by atoms with E-state index in [2.05, 4.69) is 10.6 Å². The molecule has 1 aliphatic heterocycles. The molecule has 35 heavy (non-hydrogen) atoms. The molecule has 0 spiro atoms. The quantitative estimate of drug-likeness (QED) is 0.158. The van der Waals surface area contributed by atoms with Gasteiger partial charge in [0.15, 0.2) is 11.5 Å². The summed E-state index contributed by atoms with van der Waals surface area (Å²) in [5.74, 6) is -2.59. The van der Waals surface area contributed by atoms with Crippen LogP contribution in [-0.4, -0.2) is 66.6 Å². The van der Waals surface area contributed by atoms with Gasteiger partial charge in [0.2, 0.25) is 5.91 Å². The Morgan fingerprint density at radius 2 is 1.77 bits per heavy atom. The third kappa shape index (κ3) is 7.05. The Labute approximate surface area is 199 Å². The Balaban J connectivity index is 1.40. The van der Waals surface area contributed by atoms with E-state index in [9.17, 15) is 37.8 Å². The summed E-state index contributed by atoms with van der Waals surface area (Å²) in [6.45, 7) is -1.09. The van der Waals surface area contributed by atoms with Crippen molar-refractivity contribution in [2.75, 3.05) is 18.4 Å². The number of hydrogen-bond acceptors (Lipinski definition) is 9. The average molecular weight is 507 g/mol. The highest BCUT2D eigenvalue weighted by Crippen LogP contribution is 2.27. The molecule has 2 aromatic carbocycles. The van der Waals surface area contributed by atoms with Crippen LogP contribution in [0.3, 0.4) is 0 Å². The summed E-state index contributed by atoms with van der Waals surface area (Å²) in [6.07, 6.45) is -0.880. The number of aromatic hydroxyl groups is 2. The van der Waals surface area contributed by atoms with E-state index in [1.54, 1.807) is 35.1 Å². The summed E-state index contributed by atoms with van der Waals surface area (Å²) in [5.41, 5.74) is 0.816. The second-order valence-corrected chi connectivity index (χ2v) is 8.69. The largest absolute Gasteiger partial charge is 0.504 e. The second-order valence-electron chi connectivity index (χ2n) is 7.19. The van der Waals surface area contributed by atoms with Gasteiger partial charge in [0, 0.05) is 11.8 Å². The molecular weight excluding hydrogens is 486 g/mol. The molecule has 0 unspecified atom stereocenters. The second kappa shape index (κ2) is 10.7. The van der Waals surface area contributed by atoms with Crippen LogP contribution in [0.5, 0.6) is 11.5 Å². The smallest absolute Gasteiger partial charge is 0.408 e. The minimum absolute atomic E-state index is 0.0246. The first-order valence-electron chi connectivity index (χ1n) is 9.96. The molecule has 5 amide bonds. The van der Waals surface area contributed by atoms with Gasteiger partial charge in [0.25, 0.3) is 5.91 Å². The zero-order chi connectivity index (χ0) is 25.6. The zero-order valence-electron chi connectivity index (χ0n) is 17.9. The maximum absolute atomic E-state index is 12.1. The summed E-state index contributed by atoms with van der Waals surface area (Å²) in [5, 5.41) is 23.2. The molecule has 0 aliphatic carbocycles. The van der Waals surface area contributed by atoms with E-state index < -0.39 is 58.2 Å². The number of nitrogens with zero attached hydrogens (tertiary/aromatic N) is 1. The number of phenols is 2. The number of anilines is 1. The minimum Gasteiger partial charge on any atom is -0.504 e. The first-order chi connectivity index (χ1) is 16.5. The van der Waals surface area contributed by atoms with Crippen LogP contribution in [0.25, 0.3) is 0 Å². The summed E-state index contributed by atoms with van der Waals surface area (Å²) >= 11 is 0. The Bertz CT molecular complexity index is 1240. The number of benzene rings is 2. The highest BCUT2D eigenvalue weighted by molar-refractivity contribution is 7.88. The van der Waals surface area contributed by atoms with Gasteiger partial charge in [0.1, 0.15) is 12.6 Å². The van der Waals surface area contributed by atoms with Crippen LogP contribution >= 0.6 is 0 Å². The van der Waals surface area contributed by atoms with Crippen molar-refractivity contribution in [3.8, 4) is 11.5 Å². The van der Waals surface area contributed by atoms with Crippen LogP contribution in [0.1, 0.15) is 5.56 Å². The van der Waals surface area contributed by atoms with Crippen molar-refractivity contribution in [1.29, 1.82) is 0 Å². The molecule has 3 rings (SSSR count). The van der Waals surface area contributed by atoms with Crippen LogP contribution in [0.4, 0.5) is 15.3 Å². The number of carbonyl (C=O) groups is 4. The minimum atomic E-state index is -4.51. The third-order valence-electron chi connectivity index (χ3n) is 4.58. The number of phenolic OH excluding ortho intramolecular Hbond substituents is 2.